The van der Waals surface area contributed by atoms with Crippen molar-refractivity contribution in [2.45, 2.75) is 32.2 Å². The van der Waals surface area contributed by atoms with Crippen molar-refractivity contribution in [3.63, 3.8) is 0 Å². The highest BCUT2D eigenvalue weighted by molar-refractivity contribution is 6.06. The van der Waals surface area contributed by atoms with Crippen LogP contribution in [0.1, 0.15) is 46.1 Å². The Morgan fingerprint density at radius 2 is 1.97 bits per heavy atom. The van der Waals surface area contributed by atoms with Gasteiger partial charge in [0, 0.05) is 43.8 Å². The maximum Gasteiger partial charge on any atom is 0.327 e. The van der Waals surface area contributed by atoms with Crippen LogP contribution >= 0.6 is 0 Å². The van der Waals surface area contributed by atoms with Crippen molar-refractivity contribution < 1.29 is 9.90 Å². The fraction of sp³-hybridized carbons (Fsp3) is 0.310. The zero-order valence-electron chi connectivity index (χ0n) is 21.1. The number of amides is 1. The number of hydrogen-bond acceptors (Lipinski definition) is 6. The number of pyridine rings is 2. The number of fused-ring (bicyclic) bond motifs is 2. The minimum Gasteiger partial charge on any atom is -0.384 e. The summed E-state index contributed by atoms with van der Waals surface area (Å²) in [5, 5.41) is 9.27. The van der Waals surface area contributed by atoms with Gasteiger partial charge in [-0.2, -0.15) is 0 Å². The summed E-state index contributed by atoms with van der Waals surface area (Å²) >= 11 is 0. The summed E-state index contributed by atoms with van der Waals surface area (Å²) in [7, 11) is 0. The first kappa shape index (κ1) is 23.9. The number of nitrogens with zero attached hydrogens (tertiary/aromatic N) is 5. The Hall–Kier alpha value is -4.42. The van der Waals surface area contributed by atoms with Crippen LogP contribution in [0, 0.1) is 18.8 Å². The van der Waals surface area contributed by atoms with Gasteiger partial charge in [-0.15, -0.1) is 0 Å². The van der Waals surface area contributed by atoms with E-state index >= 15 is 0 Å². The molecule has 5 heterocycles. The van der Waals surface area contributed by atoms with Crippen molar-refractivity contribution in [1.82, 2.24) is 19.5 Å². The standard InChI is InChI=1S/C29H28N6O3/c1-19-6-7-24-20(16-19)8-14-34(24)28(37)23-17-26(21(18-31-23)4-3-15-36)33-12-9-22(10-13-33)35-25-5-2-11-30-27(25)32-29(35)38/h2,5-7,11,16-18,22,36H,8-10,12-15H2,1H3,(H,30,32,38). The molecule has 3 aromatic heterocycles. The molecule has 1 saturated heterocycles. The van der Waals surface area contributed by atoms with Gasteiger partial charge in [0.1, 0.15) is 12.3 Å². The number of carbonyl (C=O) groups is 1. The molecule has 9 nitrogen and oxygen atoms in total. The topological polar surface area (TPSA) is 107 Å². The van der Waals surface area contributed by atoms with Crippen LogP contribution in [0.3, 0.4) is 0 Å². The molecule has 1 aromatic carbocycles. The number of benzene rings is 1. The highest BCUT2D eigenvalue weighted by Gasteiger charge is 2.29. The van der Waals surface area contributed by atoms with E-state index in [9.17, 15) is 14.7 Å². The van der Waals surface area contributed by atoms with E-state index in [4.69, 9.17) is 0 Å². The van der Waals surface area contributed by atoms with Crippen LogP contribution in [0.25, 0.3) is 11.2 Å². The molecule has 0 unspecified atom stereocenters. The first-order valence-corrected chi connectivity index (χ1v) is 12.8. The molecule has 0 spiro atoms. The van der Waals surface area contributed by atoms with Crippen LogP contribution in [0.5, 0.6) is 0 Å². The van der Waals surface area contributed by atoms with Crippen molar-refractivity contribution in [2.24, 2.45) is 0 Å². The van der Waals surface area contributed by atoms with Gasteiger partial charge in [0.2, 0.25) is 0 Å². The minimum absolute atomic E-state index is 0.0381. The van der Waals surface area contributed by atoms with Crippen molar-refractivity contribution in [1.29, 1.82) is 0 Å². The quantitative estimate of drug-likeness (QED) is 0.412. The Balaban J connectivity index is 1.27. The lowest BCUT2D eigenvalue weighted by Crippen LogP contribution is -2.37. The number of H-pyrrole nitrogens is 1. The monoisotopic (exact) mass is 508 g/mol. The summed E-state index contributed by atoms with van der Waals surface area (Å²) in [4.78, 5) is 41.8. The van der Waals surface area contributed by atoms with Gasteiger partial charge >= 0.3 is 5.69 Å². The molecule has 0 aliphatic carbocycles. The highest BCUT2D eigenvalue weighted by atomic mass is 16.2. The lowest BCUT2D eigenvalue weighted by molar-refractivity contribution is 0.0984. The van der Waals surface area contributed by atoms with Crippen molar-refractivity contribution >= 4 is 28.4 Å². The number of piperidine rings is 1. The minimum atomic E-state index is -0.260. The van der Waals surface area contributed by atoms with E-state index in [2.05, 4.69) is 44.7 Å². The Bertz CT molecular complexity index is 1650. The molecule has 0 saturated carbocycles. The predicted octanol–water partition coefficient (Wildman–Crippen LogP) is 2.82. The van der Waals surface area contributed by atoms with Gasteiger partial charge < -0.3 is 14.9 Å². The second-order valence-electron chi connectivity index (χ2n) is 9.78. The average molecular weight is 509 g/mol. The number of carbonyl (C=O) groups excluding carboxylic acids is 1. The average Bonchev–Trinajstić information content (AvgIpc) is 3.51. The zero-order valence-corrected chi connectivity index (χ0v) is 21.1. The summed E-state index contributed by atoms with van der Waals surface area (Å²) in [5.74, 6) is 5.57. The number of hydrogen-bond donors (Lipinski definition) is 2. The molecule has 6 rings (SSSR count). The Kier molecular flexibility index (Phi) is 6.18. The summed E-state index contributed by atoms with van der Waals surface area (Å²) in [6, 6.07) is 11.8. The molecule has 2 aliphatic heterocycles. The van der Waals surface area contributed by atoms with Gasteiger partial charge in [0.25, 0.3) is 5.91 Å². The lowest BCUT2D eigenvalue weighted by Gasteiger charge is -2.34. The van der Waals surface area contributed by atoms with Crippen molar-refractivity contribution in [3.8, 4) is 11.8 Å². The number of nitrogens with one attached hydrogen (secondary N) is 1. The van der Waals surface area contributed by atoms with Crippen LogP contribution in [0.4, 0.5) is 11.4 Å². The molecule has 1 fully saturated rings. The smallest absolute Gasteiger partial charge is 0.327 e. The number of aliphatic hydroxyl groups is 1. The van der Waals surface area contributed by atoms with E-state index in [1.165, 1.54) is 11.1 Å². The SMILES string of the molecule is Cc1ccc2c(c1)CCN2C(=O)c1cc(N2CCC(n3c(=O)[nH]c4ncccc43)CC2)c(C#CCO)cn1. The fourth-order valence-corrected chi connectivity index (χ4v) is 5.62. The van der Waals surface area contributed by atoms with Gasteiger partial charge in [-0.1, -0.05) is 29.5 Å². The third kappa shape index (κ3) is 4.23. The van der Waals surface area contributed by atoms with Gasteiger partial charge in [0.15, 0.2) is 5.65 Å². The van der Waals surface area contributed by atoms with Crippen LogP contribution in [0.2, 0.25) is 0 Å². The molecule has 1 amide bonds. The molecule has 38 heavy (non-hydrogen) atoms. The molecule has 2 N–H and O–H groups in total. The molecular weight excluding hydrogens is 480 g/mol. The number of aromatic amines is 1. The summed E-state index contributed by atoms with van der Waals surface area (Å²) in [5.41, 5.74) is 6.40. The number of aromatic nitrogens is 4. The Labute approximate surface area is 219 Å². The van der Waals surface area contributed by atoms with Gasteiger partial charge in [0.05, 0.1) is 16.8 Å². The van der Waals surface area contributed by atoms with E-state index in [0.717, 1.165) is 36.2 Å². The van der Waals surface area contributed by atoms with E-state index in [-0.39, 0.29) is 24.2 Å². The zero-order chi connectivity index (χ0) is 26.2. The van der Waals surface area contributed by atoms with E-state index < -0.39 is 0 Å². The third-order valence-electron chi connectivity index (χ3n) is 7.44. The number of rotatable bonds is 3. The normalized spacial score (nSPS) is 15.4. The maximum atomic E-state index is 13.5. The van der Waals surface area contributed by atoms with Crippen LogP contribution in [0.15, 0.2) is 53.6 Å². The van der Waals surface area contributed by atoms with Gasteiger partial charge in [-0.25, -0.2) is 14.8 Å². The van der Waals surface area contributed by atoms with Crippen molar-refractivity contribution in [3.05, 3.63) is 81.7 Å². The highest BCUT2D eigenvalue weighted by Crippen LogP contribution is 2.32. The third-order valence-corrected chi connectivity index (χ3v) is 7.44. The van der Waals surface area contributed by atoms with Gasteiger partial charge in [-0.3, -0.25) is 14.3 Å². The van der Waals surface area contributed by atoms with Crippen LogP contribution in [-0.2, 0) is 6.42 Å². The molecule has 2 aliphatic rings. The second-order valence-corrected chi connectivity index (χ2v) is 9.78. The Morgan fingerprint density at radius 3 is 2.79 bits per heavy atom. The molecule has 0 bridgehead atoms. The van der Waals surface area contributed by atoms with E-state index in [1.807, 2.05) is 30.3 Å². The Morgan fingerprint density at radius 1 is 1.13 bits per heavy atom. The molecular formula is C29H28N6O3. The molecule has 192 valence electrons. The van der Waals surface area contributed by atoms with Crippen LogP contribution in [-0.4, -0.2) is 56.8 Å². The summed E-state index contributed by atoms with van der Waals surface area (Å²) < 4.78 is 1.81. The summed E-state index contributed by atoms with van der Waals surface area (Å²) in [6.45, 7) is 3.78. The lowest BCUT2D eigenvalue weighted by atomic mass is 10.0. The largest absolute Gasteiger partial charge is 0.384 e. The van der Waals surface area contributed by atoms with E-state index in [1.54, 1.807) is 21.9 Å². The van der Waals surface area contributed by atoms with Gasteiger partial charge in [-0.05, 0) is 56.0 Å². The molecule has 0 radical (unpaired) electrons. The number of aliphatic hydroxyl groups excluding tert-OH is 1. The first-order chi connectivity index (χ1) is 18.5. The first-order valence-electron chi connectivity index (χ1n) is 12.8. The number of aryl methyl sites for hydroxylation is 1. The molecule has 4 aromatic rings. The number of imidazole rings is 1. The molecule has 9 heteroatoms. The van der Waals surface area contributed by atoms with Crippen LogP contribution < -0.4 is 15.5 Å². The molecule has 0 atom stereocenters. The van der Waals surface area contributed by atoms with Crippen molar-refractivity contribution in [2.75, 3.05) is 36.0 Å². The van der Waals surface area contributed by atoms with E-state index in [0.29, 0.717) is 36.5 Å². The number of anilines is 2. The fourth-order valence-electron chi connectivity index (χ4n) is 5.62. The second kappa shape index (κ2) is 9.80. The summed E-state index contributed by atoms with van der Waals surface area (Å²) in [6.07, 6.45) is 5.62. The predicted molar refractivity (Wildman–Crippen MR) is 146 cm³/mol. The maximum absolute atomic E-state index is 13.5.